The molecule has 2 rings (SSSR count). The van der Waals surface area contributed by atoms with Crippen LogP contribution in [0, 0.1) is 13.8 Å². The molecule has 3 N–H and O–H groups in total. The minimum atomic E-state index is -0.148. The molecular formula is C13H12Br2N2OS. The Bertz CT molecular complexity index is 652. The highest BCUT2D eigenvalue weighted by Crippen LogP contribution is 2.33. The minimum Gasteiger partial charge on any atom is -0.398 e. The Kier molecular flexibility index (Phi) is 4.32. The van der Waals surface area contributed by atoms with E-state index in [1.807, 2.05) is 26.0 Å². The van der Waals surface area contributed by atoms with Crippen molar-refractivity contribution in [1.29, 1.82) is 0 Å². The summed E-state index contributed by atoms with van der Waals surface area (Å²) >= 11 is 8.22. The molecule has 3 nitrogen and oxygen atoms in total. The molecule has 0 fully saturated rings. The van der Waals surface area contributed by atoms with Gasteiger partial charge in [0.2, 0.25) is 0 Å². The molecule has 0 saturated heterocycles. The molecule has 0 saturated carbocycles. The van der Waals surface area contributed by atoms with Crippen molar-refractivity contribution in [3.05, 3.63) is 42.5 Å². The fourth-order valence-electron chi connectivity index (χ4n) is 1.73. The van der Waals surface area contributed by atoms with Crippen molar-refractivity contribution in [2.75, 3.05) is 11.1 Å². The predicted octanol–water partition coefficient (Wildman–Crippen LogP) is 4.72. The Balaban J connectivity index is 2.34. The van der Waals surface area contributed by atoms with Crippen LogP contribution in [-0.4, -0.2) is 5.91 Å². The number of benzene rings is 1. The first-order valence-corrected chi connectivity index (χ1v) is 7.92. The molecule has 0 spiro atoms. The highest BCUT2D eigenvalue weighted by Gasteiger charge is 2.16. The summed E-state index contributed by atoms with van der Waals surface area (Å²) in [6.07, 6.45) is 0. The van der Waals surface area contributed by atoms with Crippen molar-refractivity contribution in [1.82, 2.24) is 0 Å². The Morgan fingerprint density at radius 1 is 1.32 bits per heavy atom. The second-order valence-electron chi connectivity index (χ2n) is 4.16. The third kappa shape index (κ3) is 3.01. The number of aryl methyl sites for hydroxylation is 1. The average Bonchev–Trinajstić information content (AvgIpc) is 2.69. The molecule has 0 aliphatic rings. The zero-order valence-electron chi connectivity index (χ0n) is 10.4. The minimum absolute atomic E-state index is 0.148. The molecule has 0 bridgehead atoms. The number of hydrogen-bond acceptors (Lipinski definition) is 3. The maximum Gasteiger partial charge on any atom is 0.257 e. The second kappa shape index (κ2) is 5.64. The topological polar surface area (TPSA) is 55.1 Å². The van der Waals surface area contributed by atoms with Crippen molar-refractivity contribution < 1.29 is 4.79 Å². The van der Waals surface area contributed by atoms with E-state index in [0.717, 1.165) is 24.4 Å². The molecule has 1 aromatic heterocycles. The lowest BCUT2D eigenvalue weighted by Gasteiger charge is -2.13. The Morgan fingerprint density at radius 2 is 2.00 bits per heavy atom. The molecule has 6 heteroatoms. The Hall–Kier alpha value is -0.850. The molecular weight excluding hydrogens is 392 g/mol. The number of thiophene rings is 1. The van der Waals surface area contributed by atoms with Gasteiger partial charge in [-0.1, -0.05) is 6.07 Å². The summed E-state index contributed by atoms with van der Waals surface area (Å²) in [5.41, 5.74) is 9.81. The number of anilines is 2. The Morgan fingerprint density at radius 3 is 2.58 bits per heavy atom. The van der Waals surface area contributed by atoms with Crippen LogP contribution in [0.1, 0.15) is 21.5 Å². The number of nitrogens with two attached hydrogens (primary N) is 1. The average molecular weight is 404 g/mol. The van der Waals surface area contributed by atoms with E-state index < -0.39 is 0 Å². The summed E-state index contributed by atoms with van der Waals surface area (Å²) in [6, 6.07) is 5.54. The van der Waals surface area contributed by atoms with Crippen LogP contribution < -0.4 is 11.1 Å². The van der Waals surface area contributed by atoms with Crippen LogP contribution in [0.15, 0.2) is 25.8 Å². The lowest BCUT2D eigenvalue weighted by molar-refractivity contribution is 0.102. The van der Waals surface area contributed by atoms with Crippen LogP contribution in [-0.2, 0) is 0 Å². The predicted molar refractivity (Wildman–Crippen MR) is 88.0 cm³/mol. The van der Waals surface area contributed by atoms with Gasteiger partial charge in [0.1, 0.15) is 0 Å². The molecule has 100 valence electrons. The highest BCUT2D eigenvalue weighted by atomic mass is 79.9. The van der Waals surface area contributed by atoms with Crippen LogP contribution in [0.4, 0.5) is 11.4 Å². The van der Waals surface area contributed by atoms with Gasteiger partial charge in [0.05, 0.1) is 13.1 Å². The van der Waals surface area contributed by atoms with Gasteiger partial charge in [-0.15, -0.1) is 11.3 Å². The zero-order valence-corrected chi connectivity index (χ0v) is 14.4. The summed E-state index contributed by atoms with van der Waals surface area (Å²) in [7, 11) is 0. The molecule has 19 heavy (non-hydrogen) atoms. The van der Waals surface area contributed by atoms with Gasteiger partial charge in [-0.2, -0.15) is 0 Å². The third-order valence-electron chi connectivity index (χ3n) is 2.86. The highest BCUT2D eigenvalue weighted by molar-refractivity contribution is 9.12. The van der Waals surface area contributed by atoms with Gasteiger partial charge in [-0.25, -0.2) is 0 Å². The largest absolute Gasteiger partial charge is 0.398 e. The van der Waals surface area contributed by atoms with Crippen LogP contribution in [0.2, 0.25) is 0 Å². The number of amides is 1. The summed E-state index contributed by atoms with van der Waals surface area (Å²) in [6.45, 7) is 3.84. The van der Waals surface area contributed by atoms with Gasteiger partial charge in [0.15, 0.2) is 0 Å². The smallest absolute Gasteiger partial charge is 0.257 e. The number of nitrogens with one attached hydrogen (secondary N) is 1. The van der Waals surface area contributed by atoms with E-state index >= 15 is 0 Å². The monoisotopic (exact) mass is 402 g/mol. The summed E-state index contributed by atoms with van der Waals surface area (Å²) in [5.74, 6) is -0.148. The fourth-order valence-corrected chi connectivity index (χ4v) is 4.52. The first-order valence-electron chi connectivity index (χ1n) is 5.52. The third-order valence-corrected chi connectivity index (χ3v) is 5.19. The van der Waals surface area contributed by atoms with Crippen molar-refractivity contribution in [3.8, 4) is 0 Å². The molecule has 0 aliphatic heterocycles. The van der Waals surface area contributed by atoms with E-state index in [9.17, 15) is 4.79 Å². The van der Waals surface area contributed by atoms with Crippen molar-refractivity contribution >= 4 is 60.5 Å². The first-order chi connectivity index (χ1) is 8.90. The zero-order chi connectivity index (χ0) is 14.2. The number of hydrogen-bond donors (Lipinski definition) is 2. The lowest BCUT2D eigenvalue weighted by Crippen LogP contribution is -2.14. The van der Waals surface area contributed by atoms with E-state index in [1.54, 1.807) is 6.07 Å². The van der Waals surface area contributed by atoms with Crippen LogP contribution in [0.3, 0.4) is 0 Å². The van der Waals surface area contributed by atoms with Gasteiger partial charge in [0, 0.05) is 11.4 Å². The number of rotatable bonds is 2. The van der Waals surface area contributed by atoms with Crippen molar-refractivity contribution in [3.63, 3.8) is 0 Å². The number of halogens is 2. The molecule has 0 radical (unpaired) electrons. The normalized spacial score (nSPS) is 10.5. The molecule has 0 aliphatic carbocycles. The molecule has 0 atom stereocenters. The standard InChI is InChI=1S/C13H12Br2N2OS/c1-6-3-4-9(16)7(2)11(6)17-13(18)8-5-10(14)19-12(8)15/h3-5H,16H2,1-2H3,(H,17,18). The van der Waals surface area contributed by atoms with Crippen LogP contribution in [0.5, 0.6) is 0 Å². The second-order valence-corrected chi connectivity index (χ2v) is 7.91. The fraction of sp³-hybridized carbons (Fsp3) is 0.154. The van der Waals surface area contributed by atoms with Gasteiger partial charge >= 0.3 is 0 Å². The lowest BCUT2D eigenvalue weighted by atomic mass is 10.1. The summed E-state index contributed by atoms with van der Waals surface area (Å²) < 4.78 is 1.71. The maximum atomic E-state index is 12.3. The SMILES string of the molecule is Cc1ccc(N)c(C)c1NC(=O)c1cc(Br)sc1Br. The van der Waals surface area contributed by atoms with Crippen molar-refractivity contribution in [2.24, 2.45) is 0 Å². The Labute approximate surface area is 132 Å². The molecule has 1 amide bonds. The van der Waals surface area contributed by atoms with E-state index in [1.165, 1.54) is 11.3 Å². The number of carbonyl (C=O) groups is 1. The van der Waals surface area contributed by atoms with Crippen LogP contribution >= 0.6 is 43.2 Å². The van der Waals surface area contributed by atoms with E-state index in [-0.39, 0.29) is 5.91 Å². The molecule has 1 aromatic carbocycles. The first kappa shape index (κ1) is 14.6. The van der Waals surface area contributed by atoms with Crippen LogP contribution in [0.25, 0.3) is 0 Å². The maximum absolute atomic E-state index is 12.3. The van der Waals surface area contributed by atoms with Crippen molar-refractivity contribution in [2.45, 2.75) is 13.8 Å². The van der Waals surface area contributed by atoms with E-state index in [4.69, 9.17) is 5.73 Å². The van der Waals surface area contributed by atoms with Gasteiger partial charge in [0.25, 0.3) is 5.91 Å². The molecule has 2 aromatic rings. The van der Waals surface area contributed by atoms with Gasteiger partial charge < -0.3 is 11.1 Å². The number of carbonyl (C=O) groups excluding carboxylic acids is 1. The summed E-state index contributed by atoms with van der Waals surface area (Å²) in [4.78, 5) is 12.3. The van der Waals surface area contributed by atoms with Gasteiger partial charge in [-0.05, 0) is 69.0 Å². The quantitative estimate of drug-likeness (QED) is 0.712. The van der Waals surface area contributed by atoms with E-state index in [0.29, 0.717) is 11.3 Å². The summed E-state index contributed by atoms with van der Waals surface area (Å²) in [5, 5.41) is 2.93. The number of nitrogen functional groups attached to an aromatic ring is 1. The van der Waals surface area contributed by atoms with Gasteiger partial charge in [-0.3, -0.25) is 4.79 Å². The molecule has 0 unspecified atom stereocenters. The van der Waals surface area contributed by atoms with E-state index in [2.05, 4.69) is 37.2 Å². The molecule has 1 heterocycles.